The van der Waals surface area contributed by atoms with Crippen molar-refractivity contribution < 1.29 is 29.3 Å². The molecule has 0 saturated heterocycles. The standard InChI is InChI=1S/C34H43NO6/c1-35(2)25-26-22-29(27-12-7-5-8-13-27)24-30(23-26)40-20-9-4-3-6-14-28-15-10-16-32(31(28)18-19-34(38)39)41-21-11-17-33(36)37/h5,7-8,10,12-13,15-16,22-24H,3-4,6,9,11,14,17-21,25H2,1-2H3,(H,36,37)(H,38,39). The minimum atomic E-state index is -0.853. The van der Waals surface area contributed by atoms with Gasteiger partial charge in [0.2, 0.25) is 0 Å². The van der Waals surface area contributed by atoms with Crippen molar-refractivity contribution in [1.29, 1.82) is 0 Å². The smallest absolute Gasteiger partial charge is 0.303 e. The molecule has 3 rings (SSSR count). The highest BCUT2D eigenvalue weighted by Crippen LogP contribution is 2.28. The Balaban J connectivity index is 1.50. The first-order chi connectivity index (χ1) is 19.8. The number of carbonyl (C=O) groups is 2. The molecule has 41 heavy (non-hydrogen) atoms. The number of hydrogen-bond donors (Lipinski definition) is 2. The number of ether oxygens (including phenoxy) is 2. The summed E-state index contributed by atoms with van der Waals surface area (Å²) in [6.45, 7) is 1.80. The topological polar surface area (TPSA) is 96.3 Å². The van der Waals surface area contributed by atoms with Gasteiger partial charge in [0.05, 0.1) is 13.2 Å². The molecule has 0 saturated carbocycles. The SMILES string of the molecule is CN(C)Cc1cc(OCCCCCCc2cccc(OCCCC(=O)O)c2CCC(=O)O)cc(-c2ccccc2)c1. The van der Waals surface area contributed by atoms with Crippen molar-refractivity contribution in [1.82, 2.24) is 4.90 Å². The lowest BCUT2D eigenvalue weighted by Gasteiger charge is -2.16. The lowest BCUT2D eigenvalue weighted by Crippen LogP contribution is -2.11. The van der Waals surface area contributed by atoms with E-state index in [1.807, 2.05) is 24.3 Å². The first-order valence-electron chi connectivity index (χ1n) is 14.5. The summed E-state index contributed by atoms with van der Waals surface area (Å²) in [4.78, 5) is 24.2. The van der Waals surface area contributed by atoms with Gasteiger partial charge >= 0.3 is 11.9 Å². The number of benzene rings is 3. The quantitative estimate of drug-likeness (QED) is 0.154. The van der Waals surface area contributed by atoms with Crippen LogP contribution in [0.5, 0.6) is 11.5 Å². The molecule has 3 aromatic rings. The Hall–Kier alpha value is -3.84. The van der Waals surface area contributed by atoms with Gasteiger partial charge in [0.25, 0.3) is 0 Å². The van der Waals surface area contributed by atoms with Crippen LogP contribution in [0.2, 0.25) is 0 Å². The Labute approximate surface area is 243 Å². The van der Waals surface area contributed by atoms with Crippen LogP contribution in [-0.4, -0.2) is 54.4 Å². The van der Waals surface area contributed by atoms with Gasteiger partial charge in [0, 0.05) is 19.4 Å². The molecule has 7 heteroatoms. The van der Waals surface area contributed by atoms with Crippen molar-refractivity contribution in [3.63, 3.8) is 0 Å². The molecule has 0 aromatic heterocycles. The number of rotatable bonds is 19. The fourth-order valence-electron chi connectivity index (χ4n) is 4.86. The molecule has 3 aromatic carbocycles. The molecule has 0 amide bonds. The molecule has 0 bridgehead atoms. The Kier molecular flexibility index (Phi) is 13.2. The van der Waals surface area contributed by atoms with Gasteiger partial charge in [-0.25, -0.2) is 0 Å². The average Bonchev–Trinajstić information content (AvgIpc) is 2.94. The minimum absolute atomic E-state index is 0.0293. The molecule has 0 fully saturated rings. The van der Waals surface area contributed by atoms with Crippen LogP contribution in [0.15, 0.2) is 66.7 Å². The minimum Gasteiger partial charge on any atom is -0.494 e. The third-order valence-corrected chi connectivity index (χ3v) is 6.79. The largest absolute Gasteiger partial charge is 0.494 e. The second-order valence-electron chi connectivity index (χ2n) is 10.6. The molecule has 0 aliphatic heterocycles. The third-order valence-electron chi connectivity index (χ3n) is 6.79. The Morgan fingerprint density at radius 1 is 0.707 bits per heavy atom. The van der Waals surface area contributed by atoms with Crippen LogP contribution in [0.3, 0.4) is 0 Å². The summed E-state index contributed by atoms with van der Waals surface area (Å²) >= 11 is 0. The second kappa shape index (κ2) is 17.1. The van der Waals surface area contributed by atoms with Gasteiger partial charge in [-0.3, -0.25) is 9.59 Å². The zero-order chi connectivity index (χ0) is 29.5. The average molecular weight is 562 g/mol. The van der Waals surface area contributed by atoms with E-state index >= 15 is 0 Å². The van der Waals surface area contributed by atoms with Gasteiger partial charge in [-0.05, 0) is 98.3 Å². The maximum absolute atomic E-state index is 11.2. The number of aryl methyl sites for hydroxylation is 1. The van der Waals surface area contributed by atoms with Crippen LogP contribution in [0, 0.1) is 0 Å². The van der Waals surface area contributed by atoms with Gasteiger partial charge in [0.1, 0.15) is 11.5 Å². The zero-order valence-corrected chi connectivity index (χ0v) is 24.3. The zero-order valence-electron chi connectivity index (χ0n) is 24.3. The number of aliphatic carboxylic acids is 2. The number of hydrogen-bond acceptors (Lipinski definition) is 5. The third kappa shape index (κ3) is 11.7. The van der Waals surface area contributed by atoms with E-state index in [0.29, 0.717) is 31.8 Å². The van der Waals surface area contributed by atoms with E-state index in [9.17, 15) is 14.7 Å². The summed E-state index contributed by atoms with van der Waals surface area (Å²) < 4.78 is 12.0. The predicted molar refractivity (Wildman–Crippen MR) is 162 cm³/mol. The molecule has 7 nitrogen and oxygen atoms in total. The van der Waals surface area contributed by atoms with E-state index in [0.717, 1.165) is 61.1 Å². The van der Waals surface area contributed by atoms with Crippen molar-refractivity contribution in [2.45, 2.75) is 64.3 Å². The van der Waals surface area contributed by atoms with Crippen LogP contribution < -0.4 is 9.47 Å². The second-order valence-corrected chi connectivity index (χ2v) is 10.6. The molecular formula is C34H43NO6. The lowest BCUT2D eigenvalue weighted by atomic mass is 9.97. The highest BCUT2D eigenvalue weighted by Gasteiger charge is 2.12. The Bertz CT molecular complexity index is 1240. The summed E-state index contributed by atoms with van der Waals surface area (Å²) in [5.74, 6) is -0.145. The fraction of sp³-hybridized carbons (Fsp3) is 0.412. The molecular weight excluding hydrogens is 518 g/mol. The molecule has 0 heterocycles. The van der Waals surface area contributed by atoms with E-state index in [-0.39, 0.29) is 12.8 Å². The maximum atomic E-state index is 11.2. The summed E-state index contributed by atoms with van der Waals surface area (Å²) in [6, 6.07) is 22.6. The monoisotopic (exact) mass is 561 g/mol. The number of carboxylic acid groups (broad SMARTS) is 2. The predicted octanol–water partition coefficient (Wildman–Crippen LogP) is 6.86. The van der Waals surface area contributed by atoms with Gasteiger partial charge in [0.15, 0.2) is 0 Å². The van der Waals surface area contributed by atoms with Gasteiger partial charge in [-0.2, -0.15) is 0 Å². The lowest BCUT2D eigenvalue weighted by molar-refractivity contribution is -0.138. The van der Waals surface area contributed by atoms with Crippen LogP contribution >= 0.6 is 0 Å². The van der Waals surface area contributed by atoms with E-state index < -0.39 is 11.9 Å². The van der Waals surface area contributed by atoms with Crippen LogP contribution in [-0.2, 0) is 29.0 Å². The van der Waals surface area contributed by atoms with Crippen molar-refractivity contribution >= 4 is 11.9 Å². The molecule has 2 N–H and O–H groups in total. The normalized spacial score (nSPS) is 11.0. The molecule has 0 atom stereocenters. The summed E-state index contributed by atoms with van der Waals surface area (Å²) in [5.41, 5.74) is 5.57. The summed E-state index contributed by atoms with van der Waals surface area (Å²) in [5, 5.41) is 18.1. The summed E-state index contributed by atoms with van der Waals surface area (Å²) in [6.07, 6.45) is 5.75. The number of unbranched alkanes of at least 4 members (excludes halogenated alkanes) is 3. The van der Waals surface area contributed by atoms with Crippen molar-refractivity contribution in [3.05, 3.63) is 83.4 Å². The van der Waals surface area contributed by atoms with E-state index in [1.54, 1.807) is 0 Å². The van der Waals surface area contributed by atoms with Gasteiger partial charge in [-0.1, -0.05) is 55.3 Å². The van der Waals surface area contributed by atoms with Crippen LogP contribution in [0.4, 0.5) is 0 Å². The van der Waals surface area contributed by atoms with Crippen molar-refractivity contribution in [2.75, 3.05) is 27.3 Å². The number of nitrogens with zero attached hydrogens (tertiary/aromatic N) is 1. The highest BCUT2D eigenvalue weighted by atomic mass is 16.5. The Morgan fingerprint density at radius 3 is 2.17 bits per heavy atom. The maximum Gasteiger partial charge on any atom is 0.303 e. The van der Waals surface area contributed by atoms with E-state index in [4.69, 9.17) is 14.6 Å². The molecule has 0 unspecified atom stereocenters. The van der Waals surface area contributed by atoms with Crippen LogP contribution in [0.25, 0.3) is 11.1 Å². The van der Waals surface area contributed by atoms with E-state index in [2.05, 4.69) is 61.5 Å². The van der Waals surface area contributed by atoms with Crippen LogP contribution in [0.1, 0.15) is 61.6 Å². The molecule has 0 aliphatic rings. The fourth-order valence-corrected chi connectivity index (χ4v) is 4.86. The molecule has 220 valence electrons. The van der Waals surface area contributed by atoms with Gasteiger partial charge in [-0.15, -0.1) is 0 Å². The first-order valence-corrected chi connectivity index (χ1v) is 14.5. The molecule has 0 spiro atoms. The molecule has 0 aliphatic carbocycles. The summed E-state index contributed by atoms with van der Waals surface area (Å²) in [7, 11) is 4.13. The highest BCUT2D eigenvalue weighted by molar-refractivity contribution is 5.68. The van der Waals surface area contributed by atoms with E-state index in [1.165, 1.54) is 11.1 Å². The van der Waals surface area contributed by atoms with Gasteiger partial charge < -0.3 is 24.6 Å². The van der Waals surface area contributed by atoms with Crippen molar-refractivity contribution in [3.8, 4) is 22.6 Å². The molecule has 0 radical (unpaired) electrons. The first kappa shape index (κ1) is 31.7. The van der Waals surface area contributed by atoms with Crippen molar-refractivity contribution in [2.24, 2.45) is 0 Å². The Morgan fingerprint density at radius 2 is 1.44 bits per heavy atom. The number of carboxylic acids is 2.